The molecule has 0 saturated heterocycles. The summed E-state index contributed by atoms with van der Waals surface area (Å²) in [6.07, 6.45) is 3.08. The minimum atomic E-state index is -0.315. The molecule has 0 unspecified atom stereocenters. The lowest BCUT2D eigenvalue weighted by atomic mass is 10.2. The largest absolute Gasteiger partial charge is 0.506 e. The Morgan fingerprint density at radius 1 is 1.00 bits per heavy atom. The van der Waals surface area contributed by atoms with Gasteiger partial charge in [-0.2, -0.15) is 9.50 Å². The summed E-state index contributed by atoms with van der Waals surface area (Å²) in [7, 11) is 0. The molecule has 3 aromatic heterocycles. The molecule has 0 fully saturated rings. The first-order chi connectivity index (χ1) is 15.2. The van der Waals surface area contributed by atoms with Crippen LogP contribution >= 0.6 is 0 Å². The van der Waals surface area contributed by atoms with E-state index in [2.05, 4.69) is 15.1 Å². The number of rotatable bonds is 2. The van der Waals surface area contributed by atoms with E-state index in [1.807, 2.05) is 18.2 Å². The van der Waals surface area contributed by atoms with Gasteiger partial charge in [0.05, 0.1) is 16.6 Å². The summed E-state index contributed by atoms with van der Waals surface area (Å²) in [4.78, 5) is 21.9. The maximum absolute atomic E-state index is 13.1. The van der Waals surface area contributed by atoms with Crippen LogP contribution in [0.15, 0.2) is 65.7 Å². The van der Waals surface area contributed by atoms with E-state index in [4.69, 9.17) is 9.47 Å². The first-order valence-corrected chi connectivity index (χ1v) is 9.64. The van der Waals surface area contributed by atoms with E-state index in [-0.39, 0.29) is 11.3 Å². The number of nitrogens with zero attached hydrogens (tertiary/aromatic N) is 5. The van der Waals surface area contributed by atoms with E-state index in [9.17, 15) is 9.90 Å². The highest BCUT2D eigenvalue weighted by Crippen LogP contribution is 2.33. The minimum Gasteiger partial charge on any atom is -0.506 e. The molecule has 9 heteroatoms. The van der Waals surface area contributed by atoms with Crippen molar-refractivity contribution in [1.82, 2.24) is 24.1 Å². The van der Waals surface area contributed by atoms with Crippen LogP contribution in [0.2, 0.25) is 0 Å². The zero-order chi connectivity index (χ0) is 20.9. The number of pyridine rings is 1. The second-order valence-electron chi connectivity index (χ2n) is 7.04. The number of aromatic nitrogens is 5. The first-order valence-electron chi connectivity index (χ1n) is 9.64. The normalized spacial score (nSPS) is 13.0. The van der Waals surface area contributed by atoms with Gasteiger partial charge in [0.25, 0.3) is 11.3 Å². The predicted octanol–water partition coefficient (Wildman–Crippen LogP) is 2.57. The Kier molecular flexibility index (Phi) is 3.69. The van der Waals surface area contributed by atoms with Crippen molar-refractivity contribution in [3.05, 3.63) is 71.3 Å². The third-order valence-corrected chi connectivity index (χ3v) is 5.18. The molecule has 0 aliphatic carbocycles. The standard InChI is InChI=1S/C22H15N5O4/c28-17-4-2-1-3-16(17)26-8-7-15-14(21(26)29)12-23-22-24-20(25-27(15)22)13-5-6-18-19(11-13)31-10-9-30-18/h1-8,11-12,28H,9-10H2. The van der Waals surface area contributed by atoms with Gasteiger partial charge in [-0.3, -0.25) is 9.36 Å². The third-order valence-electron chi connectivity index (χ3n) is 5.18. The lowest BCUT2D eigenvalue weighted by molar-refractivity contribution is 0.171. The van der Waals surface area contributed by atoms with Crippen molar-refractivity contribution in [2.45, 2.75) is 0 Å². The van der Waals surface area contributed by atoms with Gasteiger partial charge in [0, 0.05) is 18.0 Å². The molecule has 6 rings (SSSR count). The molecule has 31 heavy (non-hydrogen) atoms. The van der Waals surface area contributed by atoms with Gasteiger partial charge in [0.1, 0.15) is 19.0 Å². The molecular weight excluding hydrogens is 398 g/mol. The molecule has 4 heterocycles. The van der Waals surface area contributed by atoms with Crippen molar-refractivity contribution in [3.8, 4) is 34.3 Å². The summed E-state index contributed by atoms with van der Waals surface area (Å²) >= 11 is 0. The molecule has 0 atom stereocenters. The Labute approximate surface area is 174 Å². The second-order valence-corrected chi connectivity index (χ2v) is 7.04. The van der Waals surface area contributed by atoms with Gasteiger partial charge in [-0.05, 0) is 36.4 Å². The van der Waals surface area contributed by atoms with Gasteiger partial charge in [-0.15, -0.1) is 5.10 Å². The molecule has 0 radical (unpaired) electrons. The molecule has 0 saturated carbocycles. The van der Waals surface area contributed by atoms with E-state index in [0.29, 0.717) is 52.9 Å². The zero-order valence-corrected chi connectivity index (χ0v) is 16.1. The highest BCUT2D eigenvalue weighted by molar-refractivity contribution is 5.79. The van der Waals surface area contributed by atoms with Gasteiger partial charge in [0.2, 0.25) is 0 Å². The molecule has 9 nitrogen and oxygen atoms in total. The van der Waals surface area contributed by atoms with Crippen LogP contribution in [-0.4, -0.2) is 42.5 Å². The van der Waals surface area contributed by atoms with E-state index < -0.39 is 0 Å². The summed E-state index contributed by atoms with van der Waals surface area (Å²) < 4.78 is 14.1. The Morgan fingerprint density at radius 3 is 2.71 bits per heavy atom. The van der Waals surface area contributed by atoms with Gasteiger partial charge in [-0.25, -0.2) is 4.98 Å². The van der Waals surface area contributed by atoms with Crippen LogP contribution in [0.5, 0.6) is 17.2 Å². The van der Waals surface area contributed by atoms with Crippen LogP contribution in [0.25, 0.3) is 33.8 Å². The van der Waals surface area contributed by atoms with E-state index in [1.165, 1.54) is 21.3 Å². The highest BCUT2D eigenvalue weighted by atomic mass is 16.6. The Bertz CT molecular complexity index is 1540. The maximum Gasteiger partial charge on any atom is 0.266 e. The zero-order valence-electron chi connectivity index (χ0n) is 16.1. The van der Waals surface area contributed by atoms with Gasteiger partial charge < -0.3 is 14.6 Å². The van der Waals surface area contributed by atoms with Crippen molar-refractivity contribution in [2.24, 2.45) is 0 Å². The molecule has 2 aromatic carbocycles. The molecule has 1 aliphatic rings. The molecular formula is C22H15N5O4. The first kappa shape index (κ1) is 17.5. The number of hydrogen-bond acceptors (Lipinski definition) is 7. The molecule has 5 aromatic rings. The summed E-state index contributed by atoms with van der Waals surface area (Å²) in [6.45, 7) is 1.01. The lowest BCUT2D eigenvalue weighted by Gasteiger charge is -2.18. The molecule has 152 valence electrons. The van der Waals surface area contributed by atoms with Gasteiger partial charge in [-0.1, -0.05) is 12.1 Å². The molecule has 0 bridgehead atoms. The summed E-state index contributed by atoms with van der Waals surface area (Å²) in [5.41, 5.74) is 1.40. The van der Waals surface area contributed by atoms with Crippen molar-refractivity contribution in [3.63, 3.8) is 0 Å². The average molecular weight is 413 g/mol. The van der Waals surface area contributed by atoms with Crippen molar-refractivity contribution >= 4 is 16.7 Å². The van der Waals surface area contributed by atoms with Gasteiger partial charge >= 0.3 is 0 Å². The van der Waals surface area contributed by atoms with E-state index in [0.717, 1.165) is 5.56 Å². The summed E-state index contributed by atoms with van der Waals surface area (Å²) in [5.74, 6) is 2.18. The molecule has 1 aliphatic heterocycles. The Balaban J connectivity index is 1.51. The maximum atomic E-state index is 13.1. The molecule has 1 N–H and O–H groups in total. The van der Waals surface area contributed by atoms with Crippen LogP contribution < -0.4 is 15.0 Å². The third kappa shape index (κ3) is 2.71. The molecule has 0 spiro atoms. The van der Waals surface area contributed by atoms with Crippen LogP contribution in [0.3, 0.4) is 0 Å². The van der Waals surface area contributed by atoms with Crippen molar-refractivity contribution < 1.29 is 14.6 Å². The highest BCUT2D eigenvalue weighted by Gasteiger charge is 2.17. The number of phenolic OH excluding ortho intramolecular Hbond substituents is 1. The quantitative estimate of drug-likeness (QED) is 0.474. The number of hydrogen-bond donors (Lipinski definition) is 1. The number of ether oxygens (including phenoxy) is 2. The smallest absolute Gasteiger partial charge is 0.266 e. The average Bonchev–Trinajstić information content (AvgIpc) is 3.25. The van der Waals surface area contributed by atoms with Crippen LogP contribution in [-0.2, 0) is 0 Å². The number of benzene rings is 2. The van der Waals surface area contributed by atoms with Gasteiger partial charge in [0.15, 0.2) is 17.3 Å². The number of fused-ring (bicyclic) bond motifs is 4. The summed E-state index contributed by atoms with van der Waals surface area (Å²) in [6, 6.07) is 13.9. The van der Waals surface area contributed by atoms with Crippen LogP contribution in [0, 0.1) is 0 Å². The SMILES string of the molecule is O=c1c2cnc3nc(-c4ccc5c(c4)OCCO5)nn3c2ccn1-c1ccccc1O. The topological polar surface area (TPSA) is 104 Å². The van der Waals surface area contributed by atoms with Crippen LogP contribution in [0.1, 0.15) is 0 Å². The van der Waals surface area contributed by atoms with E-state index >= 15 is 0 Å². The second kappa shape index (κ2) is 6.56. The fourth-order valence-corrected chi connectivity index (χ4v) is 3.68. The number of phenols is 1. The fourth-order valence-electron chi connectivity index (χ4n) is 3.68. The Hall–Kier alpha value is -4.40. The van der Waals surface area contributed by atoms with Crippen molar-refractivity contribution in [1.29, 1.82) is 0 Å². The predicted molar refractivity (Wildman–Crippen MR) is 112 cm³/mol. The van der Waals surface area contributed by atoms with E-state index in [1.54, 1.807) is 30.5 Å². The molecule has 0 amide bonds. The van der Waals surface area contributed by atoms with Crippen molar-refractivity contribution in [2.75, 3.05) is 13.2 Å². The number of para-hydroxylation sites is 2. The monoisotopic (exact) mass is 413 g/mol. The Morgan fingerprint density at radius 2 is 1.84 bits per heavy atom. The fraction of sp³-hybridized carbons (Fsp3) is 0.0909. The van der Waals surface area contributed by atoms with Crippen LogP contribution in [0.4, 0.5) is 0 Å². The summed E-state index contributed by atoms with van der Waals surface area (Å²) in [5, 5.41) is 15.1. The number of aromatic hydroxyl groups is 1. The minimum absolute atomic E-state index is 0.0136. The lowest BCUT2D eigenvalue weighted by Crippen LogP contribution is -2.19.